The van der Waals surface area contributed by atoms with Crippen LogP contribution in [-0.2, 0) is 13.4 Å². The van der Waals surface area contributed by atoms with Crippen LogP contribution in [-0.4, -0.2) is 6.18 Å². The van der Waals surface area contributed by atoms with Gasteiger partial charge < -0.3 is 0 Å². The fraction of sp³-hybridized carbons (Fsp3) is 0.341. The van der Waals surface area contributed by atoms with Gasteiger partial charge in [0, 0.05) is 28.2 Å². The fourth-order valence-corrected chi connectivity index (χ4v) is 6.22. The van der Waals surface area contributed by atoms with Gasteiger partial charge in [0.2, 0.25) is 5.69 Å². The second-order valence-corrected chi connectivity index (χ2v) is 13.8. The molecule has 0 bridgehead atoms. The van der Waals surface area contributed by atoms with Crippen molar-refractivity contribution in [1.82, 2.24) is 0 Å². The van der Waals surface area contributed by atoms with Gasteiger partial charge in [-0.05, 0) is 106 Å². The highest BCUT2D eigenvalue weighted by molar-refractivity contribution is 5.83. The van der Waals surface area contributed by atoms with E-state index in [1.165, 1.54) is 12.1 Å². The van der Waals surface area contributed by atoms with E-state index in [9.17, 15) is 13.2 Å². The highest BCUT2D eigenvalue weighted by Crippen LogP contribution is 2.43. The maximum Gasteiger partial charge on any atom is 0.394 e. The van der Waals surface area contributed by atoms with Gasteiger partial charge in [-0.15, -0.1) is 0 Å². The Morgan fingerprint density at radius 3 is 1.83 bits per heavy atom. The van der Waals surface area contributed by atoms with Crippen molar-refractivity contribution in [2.24, 2.45) is 12.5 Å². The number of alkyl halides is 3. The summed E-state index contributed by atoms with van der Waals surface area (Å²) in [6.07, 6.45) is -5.83. The number of rotatable bonds is 8. The molecule has 0 aliphatic heterocycles. The predicted molar refractivity (Wildman–Crippen MR) is 195 cm³/mol. The third-order valence-electron chi connectivity index (χ3n) is 9.10. The van der Waals surface area contributed by atoms with E-state index in [2.05, 4.69) is 0 Å². The van der Waals surface area contributed by atoms with E-state index in [0.29, 0.717) is 27.9 Å². The Balaban J connectivity index is 1.78. The third kappa shape index (κ3) is 6.99. The first-order valence-corrected chi connectivity index (χ1v) is 16.3. The molecule has 4 aromatic carbocycles. The van der Waals surface area contributed by atoms with Gasteiger partial charge in [-0.2, -0.15) is 13.2 Å². The Morgan fingerprint density at radius 1 is 0.688 bits per heavy atom. The van der Waals surface area contributed by atoms with Crippen LogP contribution in [0.3, 0.4) is 0 Å². The van der Waals surface area contributed by atoms with E-state index in [0.717, 1.165) is 47.2 Å². The summed E-state index contributed by atoms with van der Waals surface area (Å²) in [6, 6.07) is 24.8. The molecular weight excluding hydrogens is 599 g/mol. The summed E-state index contributed by atoms with van der Waals surface area (Å²) < 4.78 is 111. The average molecular weight is 657 g/mol. The number of benzene rings is 4. The van der Waals surface area contributed by atoms with E-state index in [4.69, 9.17) is 11.0 Å². The molecular formula is C44H49F3N+. The molecule has 1 aromatic heterocycles. The predicted octanol–water partition coefficient (Wildman–Crippen LogP) is 12.5. The molecule has 5 rings (SSSR count). The Morgan fingerprint density at radius 2 is 1.29 bits per heavy atom. The molecule has 0 aliphatic rings. The average Bonchev–Trinajstić information content (AvgIpc) is 3.10. The Bertz CT molecular complexity index is 2200. The lowest BCUT2D eigenvalue weighted by Gasteiger charge is -2.27. The number of aryl methyl sites for hydroxylation is 4. The van der Waals surface area contributed by atoms with E-state index < -0.39 is 31.7 Å². The van der Waals surface area contributed by atoms with E-state index in [1.807, 2.05) is 89.2 Å². The van der Waals surface area contributed by atoms with Crippen LogP contribution in [0, 0.1) is 26.0 Å². The zero-order valence-electron chi connectivity index (χ0n) is 36.9. The van der Waals surface area contributed by atoms with Crippen LogP contribution in [0.5, 0.6) is 0 Å². The van der Waals surface area contributed by atoms with Crippen molar-refractivity contribution in [3.8, 4) is 44.6 Å². The molecule has 0 atom stereocenters. The largest absolute Gasteiger partial charge is 0.394 e. The monoisotopic (exact) mass is 656 g/mol. The van der Waals surface area contributed by atoms with Gasteiger partial charge in [-0.3, -0.25) is 0 Å². The molecule has 48 heavy (non-hydrogen) atoms. The first kappa shape index (κ1) is 25.8. The van der Waals surface area contributed by atoms with Gasteiger partial charge in [0.05, 0.1) is 5.41 Å². The standard InChI is InChI=1S/C44H49F3N/c1-27(2)36-21-35(33-18-16-32(17-19-33)25-43(8,9)44(45,46)47)22-37(28(3)4)42(36)40-24-41(48(10)26-31(40)7)39-23-38(29(5)20-30(39)6)34-14-12-11-13-15-34/h11-24,26-28H,25H2,1-10H3/q+1/i5D3,7D3,25D2. The summed E-state index contributed by atoms with van der Waals surface area (Å²) in [4.78, 5) is 0. The summed E-state index contributed by atoms with van der Waals surface area (Å²) in [5, 5.41) is 0. The minimum Gasteiger partial charge on any atom is -0.201 e. The van der Waals surface area contributed by atoms with E-state index in [1.54, 1.807) is 36.0 Å². The number of hydrogen-bond acceptors (Lipinski definition) is 0. The molecule has 0 spiro atoms. The molecule has 0 radical (unpaired) electrons. The maximum atomic E-state index is 13.9. The fourth-order valence-electron chi connectivity index (χ4n) is 6.22. The van der Waals surface area contributed by atoms with Crippen LogP contribution in [0.15, 0.2) is 91.1 Å². The highest BCUT2D eigenvalue weighted by atomic mass is 19.4. The lowest BCUT2D eigenvalue weighted by Crippen LogP contribution is -2.34. The second kappa shape index (κ2) is 13.4. The quantitative estimate of drug-likeness (QED) is 0.146. The molecule has 1 heterocycles. The van der Waals surface area contributed by atoms with Crippen molar-refractivity contribution in [2.45, 2.75) is 86.6 Å². The van der Waals surface area contributed by atoms with Gasteiger partial charge in [0.25, 0.3) is 0 Å². The number of nitrogens with zero attached hydrogens (tertiary/aromatic N) is 1. The van der Waals surface area contributed by atoms with Crippen LogP contribution >= 0.6 is 0 Å². The van der Waals surface area contributed by atoms with Crippen molar-refractivity contribution in [3.05, 3.63) is 125 Å². The van der Waals surface area contributed by atoms with Crippen molar-refractivity contribution in [3.63, 3.8) is 0 Å². The summed E-state index contributed by atoms with van der Waals surface area (Å²) in [5.74, 6) is -0.175. The molecule has 0 fully saturated rings. The smallest absolute Gasteiger partial charge is 0.201 e. The van der Waals surface area contributed by atoms with Gasteiger partial charge in [-0.25, -0.2) is 4.57 Å². The van der Waals surface area contributed by atoms with Crippen LogP contribution in [0.2, 0.25) is 0 Å². The van der Waals surface area contributed by atoms with Crippen molar-refractivity contribution in [1.29, 1.82) is 0 Å². The molecule has 1 nitrogen and oxygen atoms in total. The first-order chi connectivity index (χ1) is 25.7. The molecule has 0 aliphatic carbocycles. The minimum atomic E-state index is -4.77. The Kier molecular flexibility index (Phi) is 7.19. The van der Waals surface area contributed by atoms with Gasteiger partial charge in [0.1, 0.15) is 7.05 Å². The second-order valence-electron chi connectivity index (χ2n) is 13.8. The molecule has 0 N–H and O–H groups in total. The molecule has 0 unspecified atom stereocenters. The van der Waals surface area contributed by atoms with Gasteiger partial charge in [0.15, 0.2) is 6.20 Å². The number of halogens is 3. The number of pyridine rings is 1. The lowest BCUT2D eigenvalue weighted by atomic mass is 9.80. The Labute approximate surface area is 296 Å². The SMILES string of the molecule is [2H]C([2H])([2H])c1cc(C)c(-c2cc(-c3c(C(C)C)cc(-c4ccc(C([2H])([2H])C(C)(C)C(F)(F)F)cc4)cc3C(C)C)c(C([2H])([2H])[2H])c[n+]2C)cc1-c1ccccc1. The molecule has 0 amide bonds. The van der Waals surface area contributed by atoms with Crippen LogP contribution in [0.4, 0.5) is 13.2 Å². The molecule has 0 saturated heterocycles. The van der Waals surface area contributed by atoms with Gasteiger partial charge >= 0.3 is 6.18 Å². The normalized spacial score (nSPS) is 15.6. The van der Waals surface area contributed by atoms with Crippen molar-refractivity contribution in [2.75, 3.05) is 0 Å². The van der Waals surface area contributed by atoms with Crippen molar-refractivity contribution < 1.29 is 28.7 Å². The van der Waals surface area contributed by atoms with Crippen molar-refractivity contribution >= 4 is 0 Å². The molecule has 250 valence electrons. The zero-order chi connectivity index (χ0) is 41.9. The maximum absolute atomic E-state index is 13.9. The Hall–Kier alpha value is -4.18. The van der Waals surface area contributed by atoms with Crippen LogP contribution in [0.1, 0.15) is 97.7 Å². The molecule has 0 saturated carbocycles. The van der Waals surface area contributed by atoms with Crippen LogP contribution in [0.25, 0.3) is 44.6 Å². The minimum absolute atomic E-state index is 0.0852. The van der Waals surface area contributed by atoms with Gasteiger partial charge in [-0.1, -0.05) is 114 Å². The summed E-state index contributed by atoms with van der Waals surface area (Å²) >= 11 is 0. The molecule has 5 aromatic rings. The van der Waals surface area contributed by atoms with E-state index in [-0.39, 0.29) is 28.5 Å². The van der Waals surface area contributed by atoms with E-state index >= 15 is 0 Å². The first-order valence-electron chi connectivity index (χ1n) is 20.3. The number of aromatic nitrogens is 1. The summed E-state index contributed by atoms with van der Waals surface area (Å²) in [5.41, 5.74) is 5.60. The summed E-state index contributed by atoms with van der Waals surface area (Å²) in [6.45, 7) is 6.78. The van der Waals surface area contributed by atoms with Crippen LogP contribution < -0.4 is 4.57 Å². The topological polar surface area (TPSA) is 3.88 Å². The molecule has 4 heteroatoms. The highest BCUT2D eigenvalue weighted by Gasteiger charge is 2.46. The number of hydrogen-bond donors (Lipinski definition) is 0. The zero-order valence-corrected chi connectivity index (χ0v) is 28.9. The summed E-state index contributed by atoms with van der Waals surface area (Å²) in [7, 11) is 1.78. The third-order valence-corrected chi connectivity index (χ3v) is 9.10. The lowest BCUT2D eigenvalue weighted by molar-refractivity contribution is -0.660.